The molecule has 13 heteroatoms. The van der Waals surface area contributed by atoms with E-state index in [-0.39, 0.29) is 11.7 Å². The van der Waals surface area contributed by atoms with Crippen LogP contribution in [0, 0.1) is 6.92 Å². The highest BCUT2D eigenvalue weighted by molar-refractivity contribution is 7.99. The third kappa shape index (κ3) is 4.80. The molecule has 0 aliphatic rings. The molecular formula is C17H16N6O5S2. The topological polar surface area (TPSA) is 138 Å². The van der Waals surface area contributed by atoms with Gasteiger partial charge in [-0.05, 0) is 35.5 Å². The first kappa shape index (κ1) is 21.4. The molecule has 3 aromatic rings. The molecule has 0 saturated carbocycles. The van der Waals surface area contributed by atoms with E-state index in [4.69, 9.17) is 4.74 Å². The summed E-state index contributed by atoms with van der Waals surface area (Å²) in [5.41, 5.74) is 1.37. The highest BCUT2D eigenvalue weighted by Crippen LogP contribution is 2.24. The van der Waals surface area contributed by atoms with Gasteiger partial charge in [0.25, 0.3) is 0 Å². The Morgan fingerprint density at radius 2 is 1.97 bits per heavy atom. The molecule has 3 rings (SSSR count). The summed E-state index contributed by atoms with van der Waals surface area (Å²) in [7, 11) is 2.57. The number of carbonyl (C=O) groups excluding carboxylic acids is 3. The largest absolute Gasteiger partial charge is 0.465 e. The molecule has 0 fully saturated rings. The van der Waals surface area contributed by atoms with Crippen LogP contribution in [0.25, 0.3) is 5.69 Å². The Hall–Kier alpha value is -3.32. The summed E-state index contributed by atoms with van der Waals surface area (Å²) in [4.78, 5) is 40.1. The van der Waals surface area contributed by atoms with Crippen molar-refractivity contribution in [2.75, 3.05) is 25.3 Å². The molecule has 1 amide bonds. The summed E-state index contributed by atoms with van der Waals surface area (Å²) >= 11 is 2.14. The van der Waals surface area contributed by atoms with E-state index in [1.165, 1.54) is 18.9 Å². The van der Waals surface area contributed by atoms with Gasteiger partial charge in [0.2, 0.25) is 11.1 Å². The van der Waals surface area contributed by atoms with Crippen LogP contribution in [0.3, 0.4) is 0 Å². The molecule has 11 nitrogen and oxygen atoms in total. The highest BCUT2D eigenvalue weighted by atomic mass is 32.2. The Kier molecular flexibility index (Phi) is 6.74. The van der Waals surface area contributed by atoms with Gasteiger partial charge in [0.15, 0.2) is 5.13 Å². The first-order chi connectivity index (χ1) is 14.4. The van der Waals surface area contributed by atoms with Crippen molar-refractivity contribution in [1.29, 1.82) is 0 Å². The number of benzene rings is 1. The minimum atomic E-state index is -0.506. The smallest absolute Gasteiger partial charge is 0.350 e. The summed E-state index contributed by atoms with van der Waals surface area (Å²) in [6.07, 6.45) is 0. The van der Waals surface area contributed by atoms with E-state index in [1.54, 1.807) is 31.2 Å². The van der Waals surface area contributed by atoms with Gasteiger partial charge in [-0.1, -0.05) is 29.2 Å². The predicted octanol–water partition coefficient (Wildman–Crippen LogP) is 1.73. The molecule has 30 heavy (non-hydrogen) atoms. The number of aromatic nitrogens is 5. The lowest BCUT2D eigenvalue weighted by molar-refractivity contribution is -0.113. The standard InChI is InChI=1S/C17H16N6O5S2/c1-9-13(15(26)28-3)30-16(18-9)19-12(24)8-29-17-20-21-22-23(17)11-6-4-5-10(7-11)14(25)27-2/h4-7H,8H2,1-3H3,(H,18,19,24). The first-order valence-corrected chi connectivity index (χ1v) is 10.2. The van der Waals surface area contributed by atoms with Crippen LogP contribution in [-0.2, 0) is 14.3 Å². The van der Waals surface area contributed by atoms with Crippen molar-refractivity contribution < 1.29 is 23.9 Å². The lowest BCUT2D eigenvalue weighted by Gasteiger charge is -2.06. The molecule has 0 radical (unpaired) electrons. The molecule has 0 atom stereocenters. The zero-order chi connectivity index (χ0) is 21.7. The van der Waals surface area contributed by atoms with Gasteiger partial charge in [-0.15, -0.1) is 5.10 Å². The predicted molar refractivity (Wildman–Crippen MR) is 108 cm³/mol. The monoisotopic (exact) mass is 448 g/mol. The fourth-order valence-corrected chi connectivity index (χ4v) is 3.92. The van der Waals surface area contributed by atoms with Crippen molar-refractivity contribution in [2.24, 2.45) is 0 Å². The van der Waals surface area contributed by atoms with Crippen molar-refractivity contribution in [3.05, 3.63) is 40.4 Å². The molecule has 1 aromatic carbocycles. The van der Waals surface area contributed by atoms with Gasteiger partial charge in [-0.2, -0.15) is 4.68 Å². The number of anilines is 1. The summed E-state index contributed by atoms with van der Waals surface area (Å²) in [6.45, 7) is 1.66. The van der Waals surface area contributed by atoms with Crippen LogP contribution >= 0.6 is 23.1 Å². The summed E-state index contributed by atoms with van der Waals surface area (Å²) in [6, 6.07) is 6.59. The van der Waals surface area contributed by atoms with E-state index in [2.05, 4.69) is 30.6 Å². The third-order valence-corrected chi connectivity index (χ3v) is 5.67. The number of methoxy groups -OCH3 is 2. The van der Waals surface area contributed by atoms with E-state index in [0.717, 1.165) is 23.1 Å². The molecule has 0 bridgehead atoms. The SMILES string of the molecule is COC(=O)c1cccc(-n2nnnc2SCC(=O)Nc2nc(C)c(C(=O)OC)s2)c1. The number of nitrogens with one attached hydrogen (secondary N) is 1. The summed E-state index contributed by atoms with van der Waals surface area (Å²) in [5, 5.41) is 14.7. The van der Waals surface area contributed by atoms with E-state index < -0.39 is 11.9 Å². The molecule has 0 aliphatic carbocycles. The second-order valence-electron chi connectivity index (χ2n) is 5.68. The number of thiazole rings is 1. The quantitative estimate of drug-likeness (QED) is 0.420. The van der Waals surface area contributed by atoms with Crippen molar-refractivity contribution >= 4 is 46.1 Å². The fourth-order valence-electron chi connectivity index (χ4n) is 2.33. The van der Waals surface area contributed by atoms with Crippen molar-refractivity contribution in [3.8, 4) is 5.69 Å². The Morgan fingerprint density at radius 1 is 1.20 bits per heavy atom. The van der Waals surface area contributed by atoms with E-state index in [9.17, 15) is 14.4 Å². The third-order valence-electron chi connectivity index (χ3n) is 3.70. The van der Waals surface area contributed by atoms with Gasteiger partial charge in [0, 0.05) is 0 Å². The van der Waals surface area contributed by atoms with Crippen LogP contribution in [0.5, 0.6) is 0 Å². The van der Waals surface area contributed by atoms with Crippen LogP contribution in [0.1, 0.15) is 25.7 Å². The van der Waals surface area contributed by atoms with Gasteiger partial charge in [-0.3, -0.25) is 4.79 Å². The first-order valence-electron chi connectivity index (χ1n) is 8.38. The van der Waals surface area contributed by atoms with E-state index >= 15 is 0 Å². The number of hydrogen-bond donors (Lipinski definition) is 1. The lowest BCUT2D eigenvalue weighted by atomic mass is 10.2. The zero-order valence-electron chi connectivity index (χ0n) is 16.1. The van der Waals surface area contributed by atoms with E-state index in [1.807, 2.05) is 0 Å². The summed E-state index contributed by atoms with van der Waals surface area (Å²) < 4.78 is 10.8. The molecule has 2 aromatic heterocycles. The van der Waals surface area contributed by atoms with Gasteiger partial charge in [0.1, 0.15) is 4.88 Å². The second-order valence-corrected chi connectivity index (χ2v) is 7.62. The van der Waals surface area contributed by atoms with Gasteiger partial charge >= 0.3 is 11.9 Å². The molecule has 156 valence electrons. The van der Waals surface area contributed by atoms with Gasteiger partial charge in [0.05, 0.1) is 36.9 Å². The number of hydrogen-bond acceptors (Lipinski definition) is 11. The lowest BCUT2D eigenvalue weighted by Crippen LogP contribution is -2.14. The molecule has 0 saturated heterocycles. The van der Waals surface area contributed by atoms with Crippen molar-refractivity contribution in [2.45, 2.75) is 12.1 Å². The van der Waals surface area contributed by atoms with Crippen molar-refractivity contribution in [1.82, 2.24) is 25.2 Å². The maximum atomic E-state index is 12.3. The van der Waals surface area contributed by atoms with Crippen molar-refractivity contribution in [3.63, 3.8) is 0 Å². The molecular weight excluding hydrogens is 432 g/mol. The van der Waals surface area contributed by atoms with Crippen LogP contribution in [-0.4, -0.2) is 63.0 Å². The number of rotatable bonds is 7. The maximum Gasteiger partial charge on any atom is 0.350 e. The second kappa shape index (κ2) is 9.45. The normalized spacial score (nSPS) is 10.5. The van der Waals surface area contributed by atoms with Crippen LogP contribution in [0.15, 0.2) is 29.4 Å². The Morgan fingerprint density at radius 3 is 2.70 bits per heavy atom. The van der Waals surface area contributed by atoms with Gasteiger partial charge < -0.3 is 14.8 Å². The fraction of sp³-hybridized carbons (Fsp3) is 0.235. The molecule has 0 aliphatic heterocycles. The molecule has 0 unspecified atom stereocenters. The zero-order valence-corrected chi connectivity index (χ0v) is 17.7. The number of ether oxygens (including phenoxy) is 2. The molecule has 2 heterocycles. The summed E-state index contributed by atoms with van der Waals surface area (Å²) in [5.74, 6) is -1.33. The minimum absolute atomic E-state index is 0.00323. The van der Waals surface area contributed by atoms with Gasteiger partial charge in [-0.25, -0.2) is 14.6 Å². The Labute approximate surface area is 178 Å². The maximum absolute atomic E-state index is 12.3. The van der Waals surface area contributed by atoms with Crippen LogP contribution < -0.4 is 5.32 Å². The molecule has 1 N–H and O–H groups in total. The van der Waals surface area contributed by atoms with E-state index in [0.29, 0.717) is 32.1 Å². The van der Waals surface area contributed by atoms with Crippen LogP contribution in [0.2, 0.25) is 0 Å². The molecule has 0 spiro atoms. The average molecular weight is 448 g/mol. The Bertz CT molecular complexity index is 1100. The number of tetrazole rings is 1. The number of amides is 1. The Balaban J connectivity index is 1.67. The number of esters is 2. The number of aryl methyl sites for hydroxylation is 1. The van der Waals surface area contributed by atoms with Crippen LogP contribution in [0.4, 0.5) is 5.13 Å². The highest BCUT2D eigenvalue weighted by Gasteiger charge is 2.18. The average Bonchev–Trinajstić information content (AvgIpc) is 3.37. The number of nitrogens with zero attached hydrogens (tertiary/aromatic N) is 5. The minimum Gasteiger partial charge on any atom is -0.465 e. The number of carbonyl (C=O) groups is 3. The number of thioether (sulfide) groups is 1.